The summed E-state index contributed by atoms with van der Waals surface area (Å²) in [5.74, 6) is 0. The van der Waals surface area contributed by atoms with E-state index in [1.54, 1.807) is 24.3 Å². The largest absolute Gasteiger partial charge is 0.363 e. The number of hydrogen-bond acceptors (Lipinski definition) is 3. The van der Waals surface area contributed by atoms with Crippen molar-refractivity contribution in [1.29, 1.82) is 0 Å². The van der Waals surface area contributed by atoms with E-state index in [2.05, 4.69) is 4.98 Å². The number of sulfonamides is 1. The third kappa shape index (κ3) is 3.21. The molecule has 0 unspecified atom stereocenters. The average Bonchev–Trinajstić information content (AvgIpc) is 2.88. The van der Waals surface area contributed by atoms with Crippen molar-refractivity contribution in [2.24, 2.45) is 5.73 Å². The standard InChI is InChI=1S/C13H16ClN3O2S/c1-17(9-10-3-2-4-11(14)5-10)20(18,19)13-6-12(7-15)16-8-13/h2-6,8,16H,7,9,15H2,1H3. The Morgan fingerprint density at radius 1 is 1.35 bits per heavy atom. The Bertz CT molecular complexity index is 697. The second-order valence-electron chi connectivity index (χ2n) is 4.46. The predicted molar refractivity (Wildman–Crippen MR) is 78.8 cm³/mol. The van der Waals surface area contributed by atoms with E-state index >= 15 is 0 Å². The smallest absolute Gasteiger partial charge is 0.244 e. The van der Waals surface area contributed by atoms with E-state index in [4.69, 9.17) is 17.3 Å². The van der Waals surface area contributed by atoms with E-state index in [0.29, 0.717) is 10.7 Å². The van der Waals surface area contributed by atoms with Crippen molar-refractivity contribution < 1.29 is 8.42 Å². The summed E-state index contributed by atoms with van der Waals surface area (Å²) < 4.78 is 26.0. The molecule has 20 heavy (non-hydrogen) atoms. The molecule has 3 N–H and O–H groups in total. The van der Waals surface area contributed by atoms with Gasteiger partial charge in [0.25, 0.3) is 0 Å². The molecule has 2 rings (SSSR count). The first-order valence-electron chi connectivity index (χ1n) is 6.01. The van der Waals surface area contributed by atoms with Gasteiger partial charge in [-0.1, -0.05) is 23.7 Å². The van der Waals surface area contributed by atoms with Crippen LogP contribution < -0.4 is 5.73 Å². The first kappa shape index (κ1) is 15.1. The third-order valence-corrected chi connectivity index (χ3v) is 4.95. The molecule has 0 fully saturated rings. The Hall–Kier alpha value is -1.34. The van der Waals surface area contributed by atoms with Crippen LogP contribution in [-0.2, 0) is 23.1 Å². The molecule has 1 aromatic carbocycles. The van der Waals surface area contributed by atoms with E-state index in [0.717, 1.165) is 5.56 Å². The lowest BCUT2D eigenvalue weighted by Crippen LogP contribution is -2.26. The zero-order valence-corrected chi connectivity index (χ0v) is 12.6. The highest BCUT2D eigenvalue weighted by atomic mass is 35.5. The van der Waals surface area contributed by atoms with Crippen molar-refractivity contribution in [3.63, 3.8) is 0 Å². The predicted octanol–water partition coefficient (Wildman–Crippen LogP) is 1.95. The SMILES string of the molecule is CN(Cc1cccc(Cl)c1)S(=O)(=O)c1c[nH]c(CN)c1. The summed E-state index contributed by atoms with van der Waals surface area (Å²) in [5, 5.41) is 0.584. The number of aromatic amines is 1. The first-order chi connectivity index (χ1) is 9.43. The molecule has 0 saturated heterocycles. The Kier molecular flexibility index (Phi) is 4.49. The number of benzene rings is 1. The van der Waals surface area contributed by atoms with Crippen molar-refractivity contribution in [2.45, 2.75) is 18.0 Å². The summed E-state index contributed by atoms with van der Waals surface area (Å²) in [7, 11) is -2.00. The quantitative estimate of drug-likeness (QED) is 0.885. The van der Waals surface area contributed by atoms with Crippen LogP contribution in [-0.4, -0.2) is 24.8 Å². The molecule has 0 atom stereocenters. The Morgan fingerprint density at radius 2 is 2.10 bits per heavy atom. The van der Waals surface area contributed by atoms with Gasteiger partial charge in [-0.15, -0.1) is 0 Å². The van der Waals surface area contributed by atoms with Crippen LogP contribution >= 0.6 is 11.6 Å². The fourth-order valence-electron chi connectivity index (χ4n) is 1.84. The van der Waals surface area contributed by atoms with Gasteiger partial charge in [-0.2, -0.15) is 4.31 Å². The van der Waals surface area contributed by atoms with Gasteiger partial charge in [0.15, 0.2) is 0 Å². The molecule has 0 saturated carbocycles. The normalized spacial score (nSPS) is 12.0. The van der Waals surface area contributed by atoms with Gasteiger partial charge >= 0.3 is 0 Å². The molecule has 0 aliphatic rings. The van der Waals surface area contributed by atoms with Crippen LogP contribution in [0.15, 0.2) is 41.4 Å². The van der Waals surface area contributed by atoms with Gasteiger partial charge < -0.3 is 10.7 Å². The highest BCUT2D eigenvalue weighted by molar-refractivity contribution is 7.89. The highest BCUT2D eigenvalue weighted by Gasteiger charge is 2.22. The second kappa shape index (κ2) is 5.97. The molecule has 0 aliphatic heterocycles. The summed E-state index contributed by atoms with van der Waals surface area (Å²) in [6, 6.07) is 8.67. The number of halogens is 1. The summed E-state index contributed by atoms with van der Waals surface area (Å²) in [6.45, 7) is 0.527. The number of nitrogens with one attached hydrogen (secondary N) is 1. The van der Waals surface area contributed by atoms with Crippen molar-refractivity contribution in [3.8, 4) is 0 Å². The van der Waals surface area contributed by atoms with Crippen LogP contribution in [0.3, 0.4) is 0 Å². The van der Waals surface area contributed by atoms with E-state index in [1.807, 2.05) is 6.07 Å². The molecule has 2 aromatic rings. The van der Waals surface area contributed by atoms with Crippen LogP contribution in [0.5, 0.6) is 0 Å². The van der Waals surface area contributed by atoms with E-state index in [-0.39, 0.29) is 18.0 Å². The molecule has 108 valence electrons. The number of hydrogen-bond donors (Lipinski definition) is 2. The minimum atomic E-state index is -3.54. The molecule has 1 heterocycles. The van der Waals surface area contributed by atoms with Gasteiger partial charge in [-0.05, 0) is 23.8 Å². The van der Waals surface area contributed by atoms with Crippen LogP contribution in [0.1, 0.15) is 11.3 Å². The van der Waals surface area contributed by atoms with Gasteiger partial charge in [-0.3, -0.25) is 0 Å². The molecule has 5 nitrogen and oxygen atoms in total. The number of nitrogens with two attached hydrogens (primary N) is 1. The number of aromatic nitrogens is 1. The summed E-state index contributed by atoms with van der Waals surface area (Å²) >= 11 is 5.89. The highest BCUT2D eigenvalue weighted by Crippen LogP contribution is 2.19. The maximum absolute atomic E-state index is 12.4. The minimum Gasteiger partial charge on any atom is -0.363 e. The second-order valence-corrected chi connectivity index (χ2v) is 6.94. The fourth-order valence-corrected chi connectivity index (χ4v) is 3.23. The van der Waals surface area contributed by atoms with Crippen molar-refractivity contribution in [1.82, 2.24) is 9.29 Å². The Balaban J connectivity index is 2.21. The number of rotatable bonds is 5. The number of nitrogens with zero attached hydrogens (tertiary/aromatic N) is 1. The molecule has 0 spiro atoms. The van der Waals surface area contributed by atoms with Crippen LogP contribution in [0.4, 0.5) is 0 Å². The topological polar surface area (TPSA) is 79.2 Å². The van der Waals surface area contributed by atoms with Gasteiger partial charge in [0.05, 0.1) is 4.90 Å². The van der Waals surface area contributed by atoms with E-state index in [1.165, 1.54) is 17.5 Å². The Morgan fingerprint density at radius 3 is 2.70 bits per heavy atom. The van der Waals surface area contributed by atoms with Gasteiger partial charge in [0.1, 0.15) is 0 Å². The molecule has 0 aliphatic carbocycles. The Labute approximate surface area is 123 Å². The van der Waals surface area contributed by atoms with Gasteiger partial charge in [0.2, 0.25) is 10.0 Å². The average molecular weight is 314 g/mol. The fraction of sp³-hybridized carbons (Fsp3) is 0.231. The zero-order valence-electron chi connectivity index (χ0n) is 11.0. The summed E-state index contributed by atoms with van der Waals surface area (Å²) in [6.07, 6.45) is 1.45. The minimum absolute atomic E-state index is 0.211. The molecule has 0 bridgehead atoms. The van der Waals surface area contributed by atoms with Crippen LogP contribution in [0, 0.1) is 0 Å². The third-order valence-electron chi connectivity index (χ3n) is 2.94. The van der Waals surface area contributed by atoms with E-state index in [9.17, 15) is 8.42 Å². The molecule has 1 aromatic heterocycles. The first-order valence-corrected chi connectivity index (χ1v) is 7.83. The lowest BCUT2D eigenvalue weighted by Gasteiger charge is -2.16. The lowest BCUT2D eigenvalue weighted by atomic mass is 10.2. The van der Waals surface area contributed by atoms with Gasteiger partial charge in [0, 0.05) is 37.1 Å². The van der Waals surface area contributed by atoms with E-state index < -0.39 is 10.0 Å². The monoisotopic (exact) mass is 313 g/mol. The zero-order chi connectivity index (χ0) is 14.8. The molecular weight excluding hydrogens is 298 g/mol. The van der Waals surface area contributed by atoms with Crippen molar-refractivity contribution >= 4 is 21.6 Å². The van der Waals surface area contributed by atoms with Crippen molar-refractivity contribution in [3.05, 3.63) is 52.8 Å². The maximum Gasteiger partial charge on any atom is 0.244 e. The summed E-state index contributed by atoms with van der Waals surface area (Å²) in [5.41, 5.74) is 6.98. The molecular formula is C13H16ClN3O2S. The number of H-pyrrole nitrogens is 1. The van der Waals surface area contributed by atoms with Crippen LogP contribution in [0.25, 0.3) is 0 Å². The van der Waals surface area contributed by atoms with Crippen LogP contribution in [0.2, 0.25) is 5.02 Å². The molecule has 7 heteroatoms. The van der Waals surface area contributed by atoms with Gasteiger partial charge in [-0.25, -0.2) is 8.42 Å². The lowest BCUT2D eigenvalue weighted by molar-refractivity contribution is 0.467. The van der Waals surface area contributed by atoms with Crippen molar-refractivity contribution in [2.75, 3.05) is 7.05 Å². The molecule has 0 radical (unpaired) electrons. The maximum atomic E-state index is 12.4. The summed E-state index contributed by atoms with van der Waals surface area (Å²) in [4.78, 5) is 3.05. The molecule has 0 amide bonds.